The Bertz CT molecular complexity index is 576. The maximum Gasteiger partial charge on any atom is 0.333 e. The fourth-order valence-electron chi connectivity index (χ4n) is 3.12. The fraction of sp³-hybridized carbons (Fsp3) is 0.471. The molecule has 3 rings (SSSR count). The third-order valence-electron chi connectivity index (χ3n) is 4.33. The second-order valence-electron chi connectivity index (χ2n) is 5.82. The largest absolute Gasteiger partial charge is 0.478 e. The SMILES string of the molecule is CC(NC1=C(C(=O)O)CC2(CC1)OCCO2)c1ccccc1. The van der Waals surface area contributed by atoms with E-state index in [-0.39, 0.29) is 6.04 Å². The Morgan fingerprint density at radius 1 is 1.27 bits per heavy atom. The smallest absolute Gasteiger partial charge is 0.333 e. The lowest BCUT2D eigenvalue weighted by atomic mass is 9.90. The zero-order valence-corrected chi connectivity index (χ0v) is 12.7. The van der Waals surface area contributed by atoms with Gasteiger partial charge in [-0.2, -0.15) is 0 Å². The van der Waals surface area contributed by atoms with Gasteiger partial charge in [0.05, 0.1) is 18.8 Å². The Hall–Kier alpha value is -1.85. The lowest BCUT2D eigenvalue weighted by Gasteiger charge is -2.34. The zero-order valence-electron chi connectivity index (χ0n) is 12.7. The van der Waals surface area contributed by atoms with Crippen LogP contribution < -0.4 is 5.32 Å². The topological polar surface area (TPSA) is 67.8 Å². The summed E-state index contributed by atoms with van der Waals surface area (Å²) < 4.78 is 11.3. The van der Waals surface area contributed by atoms with Crippen LogP contribution in [0.5, 0.6) is 0 Å². The van der Waals surface area contributed by atoms with Gasteiger partial charge in [-0.15, -0.1) is 0 Å². The standard InChI is InChI=1S/C17H21NO4/c1-12(13-5-3-2-4-6-13)18-15-7-8-17(21-9-10-22-17)11-14(15)16(19)20/h2-6,12,18H,7-11H2,1H3,(H,19,20). The molecule has 5 heteroatoms. The third kappa shape index (κ3) is 3.00. The van der Waals surface area contributed by atoms with Gasteiger partial charge in [0.15, 0.2) is 5.79 Å². The van der Waals surface area contributed by atoms with E-state index in [0.29, 0.717) is 38.0 Å². The first kappa shape index (κ1) is 15.1. The van der Waals surface area contributed by atoms with Crippen molar-refractivity contribution in [3.8, 4) is 0 Å². The second kappa shape index (κ2) is 6.10. The monoisotopic (exact) mass is 303 g/mol. The summed E-state index contributed by atoms with van der Waals surface area (Å²) in [6.45, 7) is 3.11. The number of carbonyl (C=O) groups is 1. The molecular formula is C17H21NO4. The molecule has 1 aromatic rings. The van der Waals surface area contributed by atoms with Crippen LogP contribution >= 0.6 is 0 Å². The first-order valence-electron chi connectivity index (χ1n) is 7.64. The maximum atomic E-state index is 11.6. The number of carboxylic acid groups (broad SMARTS) is 1. The van der Waals surface area contributed by atoms with Crippen molar-refractivity contribution in [1.29, 1.82) is 0 Å². The van der Waals surface area contributed by atoms with E-state index in [1.165, 1.54) is 0 Å². The van der Waals surface area contributed by atoms with Crippen molar-refractivity contribution in [2.75, 3.05) is 13.2 Å². The average molecular weight is 303 g/mol. The van der Waals surface area contributed by atoms with Gasteiger partial charge in [-0.3, -0.25) is 0 Å². The Labute approximate surface area is 129 Å². The van der Waals surface area contributed by atoms with E-state index in [1.54, 1.807) is 0 Å². The van der Waals surface area contributed by atoms with Crippen molar-refractivity contribution < 1.29 is 19.4 Å². The van der Waals surface area contributed by atoms with Crippen LogP contribution in [-0.2, 0) is 14.3 Å². The molecule has 1 atom stereocenters. The maximum absolute atomic E-state index is 11.6. The molecule has 1 saturated heterocycles. The van der Waals surface area contributed by atoms with Crippen molar-refractivity contribution in [2.24, 2.45) is 0 Å². The van der Waals surface area contributed by atoms with Crippen molar-refractivity contribution in [3.05, 3.63) is 47.2 Å². The highest BCUT2D eigenvalue weighted by Crippen LogP contribution is 2.38. The van der Waals surface area contributed by atoms with Crippen LogP contribution in [0, 0.1) is 0 Å². The summed E-state index contributed by atoms with van der Waals surface area (Å²) >= 11 is 0. The quantitative estimate of drug-likeness (QED) is 0.895. The summed E-state index contributed by atoms with van der Waals surface area (Å²) in [5.74, 6) is -1.63. The van der Waals surface area contributed by atoms with Gasteiger partial charge < -0.3 is 19.9 Å². The summed E-state index contributed by atoms with van der Waals surface area (Å²) in [4.78, 5) is 11.6. The third-order valence-corrected chi connectivity index (χ3v) is 4.33. The van der Waals surface area contributed by atoms with E-state index in [0.717, 1.165) is 11.3 Å². The van der Waals surface area contributed by atoms with E-state index in [9.17, 15) is 9.90 Å². The molecule has 0 amide bonds. The second-order valence-corrected chi connectivity index (χ2v) is 5.82. The van der Waals surface area contributed by atoms with Crippen molar-refractivity contribution in [1.82, 2.24) is 5.32 Å². The molecule has 1 aromatic carbocycles. The van der Waals surface area contributed by atoms with Gasteiger partial charge in [0.1, 0.15) is 0 Å². The predicted octanol–water partition coefficient (Wildman–Crippen LogP) is 2.60. The van der Waals surface area contributed by atoms with Crippen LogP contribution in [0.3, 0.4) is 0 Å². The fourth-order valence-corrected chi connectivity index (χ4v) is 3.12. The number of carboxylic acids is 1. The lowest BCUT2D eigenvalue weighted by Crippen LogP contribution is -2.38. The lowest BCUT2D eigenvalue weighted by molar-refractivity contribution is -0.167. The minimum atomic E-state index is -0.902. The van der Waals surface area contributed by atoms with E-state index in [2.05, 4.69) is 5.32 Å². The van der Waals surface area contributed by atoms with Gasteiger partial charge in [-0.25, -0.2) is 4.79 Å². The molecule has 0 saturated carbocycles. The van der Waals surface area contributed by atoms with Gasteiger partial charge >= 0.3 is 5.97 Å². The van der Waals surface area contributed by atoms with E-state index >= 15 is 0 Å². The van der Waals surface area contributed by atoms with Gasteiger partial charge in [-0.1, -0.05) is 30.3 Å². The van der Waals surface area contributed by atoms with Crippen molar-refractivity contribution in [3.63, 3.8) is 0 Å². The highest BCUT2D eigenvalue weighted by molar-refractivity contribution is 5.87. The molecule has 5 nitrogen and oxygen atoms in total. The predicted molar refractivity (Wildman–Crippen MR) is 81.1 cm³/mol. The molecule has 2 aliphatic rings. The zero-order chi connectivity index (χ0) is 15.6. The van der Waals surface area contributed by atoms with E-state index < -0.39 is 11.8 Å². The molecular weight excluding hydrogens is 282 g/mol. The molecule has 0 bridgehead atoms. The molecule has 118 valence electrons. The summed E-state index contributed by atoms with van der Waals surface area (Å²) in [5, 5.41) is 12.9. The summed E-state index contributed by atoms with van der Waals surface area (Å²) in [6.07, 6.45) is 1.61. The highest BCUT2D eigenvalue weighted by atomic mass is 16.7. The molecule has 0 aromatic heterocycles. The van der Waals surface area contributed by atoms with Gasteiger partial charge in [0.25, 0.3) is 0 Å². The van der Waals surface area contributed by atoms with Gasteiger partial charge in [-0.05, 0) is 18.9 Å². The van der Waals surface area contributed by atoms with E-state index in [1.807, 2.05) is 37.3 Å². The van der Waals surface area contributed by atoms with Crippen molar-refractivity contribution in [2.45, 2.75) is 38.0 Å². The van der Waals surface area contributed by atoms with Crippen LogP contribution in [0.15, 0.2) is 41.6 Å². The van der Waals surface area contributed by atoms with Gasteiger partial charge in [0.2, 0.25) is 0 Å². The van der Waals surface area contributed by atoms with Crippen LogP contribution in [0.4, 0.5) is 0 Å². The Morgan fingerprint density at radius 2 is 1.95 bits per heavy atom. The Kier molecular flexibility index (Phi) is 4.18. The van der Waals surface area contributed by atoms with Crippen LogP contribution in [-0.4, -0.2) is 30.1 Å². The Morgan fingerprint density at radius 3 is 2.59 bits per heavy atom. The number of allylic oxidation sites excluding steroid dienone is 1. The molecule has 1 aliphatic carbocycles. The first-order valence-corrected chi connectivity index (χ1v) is 7.64. The number of benzene rings is 1. The van der Waals surface area contributed by atoms with Crippen LogP contribution in [0.1, 0.15) is 37.8 Å². The van der Waals surface area contributed by atoms with Crippen LogP contribution in [0.25, 0.3) is 0 Å². The number of hydrogen-bond donors (Lipinski definition) is 2. The number of rotatable bonds is 4. The number of ether oxygens (including phenoxy) is 2. The molecule has 1 fully saturated rings. The normalized spacial score (nSPS) is 21.9. The molecule has 1 spiro atoms. The highest BCUT2D eigenvalue weighted by Gasteiger charge is 2.42. The minimum absolute atomic E-state index is 0.0602. The number of hydrogen-bond acceptors (Lipinski definition) is 4. The average Bonchev–Trinajstić information content (AvgIpc) is 2.98. The molecule has 22 heavy (non-hydrogen) atoms. The van der Waals surface area contributed by atoms with E-state index in [4.69, 9.17) is 9.47 Å². The summed E-state index contributed by atoms with van der Waals surface area (Å²) in [5.41, 5.74) is 2.29. The molecule has 1 aliphatic heterocycles. The van der Waals surface area contributed by atoms with Gasteiger partial charge in [0, 0.05) is 24.6 Å². The first-order chi connectivity index (χ1) is 10.6. The minimum Gasteiger partial charge on any atom is -0.478 e. The van der Waals surface area contributed by atoms with Crippen molar-refractivity contribution >= 4 is 5.97 Å². The summed E-state index contributed by atoms with van der Waals surface area (Å²) in [6, 6.07) is 10.1. The number of nitrogens with one attached hydrogen (secondary N) is 1. The number of aliphatic carboxylic acids is 1. The molecule has 1 heterocycles. The summed E-state index contributed by atoms with van der Waals surface area (Å²) in [7, 11) is 0. The molecule has 2 N–H and O–H groups in total. The molecule has 1 unspecified atom stereocenters. The van der Waals surface area contributed by atoms with Crippen LogP contribution in [0.2, 0.25) is 0 Å². The Balaban J connectivity index is 1.79. The molecule has 0 radical (unpaired) electrons.